The Bertz CT molecular complexity index is 1060. The second kappa shape index (κ2) is 6.66. The fourth-order valence-corrected chi connectivity index (χ4v) is 3.34. The predicted molar refractivity (Wildman–Crippen MR) is 100 cm³/mol. The summed E-state index contributed by atoms with van der Waals surface area (Å²) in [5.74, 6) is 6.97. The van der Waals surface area contributed by atoms with E-state index in [-0.39, 0.29) is 5.56 Å². The Morgan fingerprint density at radius 1 is 1.04 bits per heavy atom. The van der Waals surface area contributed by atoms with E-state index in [9.17, 15) is 4.79 Å². The van der Waals surface area contributed by atoms with Gasteiger partial charge in [0.15, 0.2) is 5.75 Å². The van der Waals surface area contributed by atoms with E-state index in [2.05, 4.69) is 11.8 Å². The molecule has 0 unspecified atom stereocenters. The standard InChI is InChI=1S/C21H16ClNO2/c22-18-14-16(9-8-15-6-2-1-3-7-15)21-20-17(18)10-11-19(24)23(20)12-4-5-13-25-21/h1-3,6-7,10-11,14H,4-5,12-13H2. The highest BCUT2D eigenvalue weighted by Crippen LogP contribution is 2.35. The average Bonchev–Trinajstić information content (AvgIpc) is 2.60. The molecular weight excluding hydrogens is 334 g/mol. The van der Waals surface area contributed by atoms with Gasteiger partial charge in [-0.1, -0.05) is 41.6 Å². The molecule has 0 radical (unpaired) electrons. The Hall–Kier alpha value is -2.70. The lowest BCUT2D eigenvalue weighted by atomic mass is 10.1. The molecule has 124 valence electrons. The second-order valence-electron chi connectivity index (χ2n) is 5.99. The molecule has 2 heterocycles. The van der Waals surface area contributed by atoms with Crippen molar-refractivity contribution in [1.29, 1.82) is 0 Å². The minimum absolute atomic E-state index is 0.0384. The van der Waals surface area contributed by atoms with E-state index in [4.69, 9.17) is 16.3 Å². The van der Waals surface area contributed by atoms with Crippen LogP contribution in [0.2, 0.25) is 5.02 Å². The molecule has 0 fully saturated rings. The average molecular weight is 350 g/mol. The molecule has 3 nitrogen and oxygen atoms in total. The molecule has 0 N–H and O–H groups in total. The quantitative estimate of drug-likeness (QED) is 0.569. The number of rotatable bonds is 0. The summed E-state index contributed by atoms with van der Waals surface area (Å²) in [5.41, 5.74) is 2.34. The van der Waals surface area contributed by atoms with Crippen LogP contribution in [0.25, 0.3) is 10.9 Å². The SMILES string of the molecule is O=c1ccc2c(Cl)cc(C#Cc3ccccc3)c3c2n1CCCCO3. The summed E-state index contributed by atoms with van der Waals surface area (Å²) in [6.07, 6.45) is 1.80. The van der Waals surface area contributed by atoms with E-state index in [1.54, 1.807) is 16.7 Å². The summed E-state index contributed by atoms with van der Waals surface area (Å²) in [7, 11) is 0. The third kappa shape index (κ3) is 3.01. The lowest BCUT2D eigenvalue weighted by Gasteiger charge is -2.19. The number of nitrogens with zero attached hydrogens (tertiary/aromatic N) is 1. The maximum Gasteiger partial charge on any atom is 0.251 e. The van der Waals surface area contributed by atoms with E-state index >= 15 is 0 Å². The van der Waals surface area contributed by atoms with Crippen molar-refractivity contribution < 1.29 is 4.74 Å². The van der Waals surface area contributed by atoms with Gasteiger partial charge in [0.1, 0.15) is 0 Å². The van der Waals surface area contributed by atoms with Crippen LogP contribution in [-0.2, 0) is 6.54 Å². The predicted octanol–water partition coefficient (Wildman–Crippen LogP) is 4.23. The molecule has 1 aliphatic heterocycles. The summed E-state index contributed by atoms with van der Waals surface area (Å²) in [6.45, 7) is 1.28. The maximum absolute atomic E-state index is 12.3. The molecule has 0 bridgehead atoms. The monoisotopic (exact) mass is 349 g/mol. The molecule has 4 heteroatoms. The molecule has 1 aromatic heterocycles. The molecule has 0 saturated heterocycles. The van der Waals surface area contributed by atoms with Crippen molar-refractivity contribution in [3.63, 3.8) is 0 Å². The van der Waals surface area contributed by atoms with Crippen molar-refractivity contribution in [3.8, 4) is 17.6 Å². The zero-order chi connectivity index (χ0) is 17.2. The van der Waals surface area contributed by atoms with E-state index in [1.165, 1.54) is 0 Å². The van der Waals surface area contributed by atoms with Crippen LogP contribution in [0.4, 0.5) is 0 Å². The summed E-state index contributed by atoms with van der Waals surface area (Å²) in [5, 5.41) is 1.40. The molecule has 0 spiro atoms. The molecule has 3 aromatic rings. The van der Waals surface area contributed by atoms with Crippen molar-refractivity contribution in [3.05, 3.63) is 75.0 Å². The minimum atomic E-state index is -0.0384. The van der Waals surface area contributed by atoms with Crippen LogP contribution in [0.5, 0.6) is 5.75 Å². The summed E-state index contributed by atoms with van der Waals surface area (Å²) < 4.78 is 7.76. The molecule has 1 aliphatic rings. The zero-order valence-corrected chi connectivity index (χ0v) is 14.3. The summed E-state index contributed by atoms with van der Waals surface area (Å²) in [6, 6.07) is 14.9. The zero-order valence-electron chi connectivity index (χ0n) is 13.6. The smallest absolute Gasteiger partial charge is 0.251 e. The number of benzene rings is 2. The van der Waals surface area contributed by atoms with Gasteiger partial charge in [-0.25, -0.2) is 0 Å². The lowest BCUT2D eigenvalue weighted by Crippen LogP contribution is -2.22. The van der Waals surface area contributed by atoms with Gasteiger partial charge in [-0.3, -0.25) is 4.79 Å². The number of halogens is 1. The molecule has 0 atom stereocenters. The van der Waals surface area contributed by atoms with Crippen LogP contribution >= 0.6 is 11.6 Å². The third-order valence-corrected chi connectivity index (χ3v) is 4.62. The Morgan fingerprint density at radius 2 is 1.88 bits per heavy atom. The fraction of sp³-hybridized carbons (Fsp3) is 0.190. The first-order chi connectivity index (χ1) is 12.2. The second-order valence-corrected chi connectivity index (χ2v) is 6.40. The lowest BCUT2D eigenvalue weighted by molar-refractivity contribution is 0.297. The van der Waals surface area contributed by atoms with Crippen LogP contribution in [0, 0.1) is 11.8 Å². The largest absolute Gasteiger partial charge is 0.490 e. The first-order valence-electron chi connectivity index (χ1n) is 8.30. The van der Waals surface area contributed by atoms with Crippen LogP contribution in [0.1, 0.15) is 24.0 Å². The number of hydrogen-bond donors (Lipinski definition) is 0. The minimum Gasteiger partial charge on any atom is -0.490 e. The molecule has 2 aromatic carbocycles. The van der Waals surface area contributed by atoms with Gasteiger partial charge in [-0.05, 0) is 37.1 Å². The number of aromatic nitrogens is 1. The Kier molecular flexibility index (Phi) is 4.21. The molecule has 25 heavy (non-hydrogen) atoms. The van der Waals surface area contributed by atoms with Gasteiger partial charge in [0.25, 0.3) is 5.56 Å². The van der Waals surface area contributed by atoms with Gasteiger partial charge < -0.3 is 9.30 Å². The van der Waals surface area contributed by atoms with E-state index in [0.717, 1.165) is 29.3 Å². The van der Waals surface area contributed by atoms with Crippen molar-refractivity contribution in [2.24, 2.45) is 0 Å². The van der Waals surface area contributed by atoms with Gasteiger partial charge in [0.2, 0.25) is 0 Å². The number of ether oxygens (including phenoxy) is 1. The number of hydrogen-bond acceptors (Lipinski definition) is 2. The number of pyridine rings is 1. The van der Waals surface area contributed by atoms with E-state index in [0.29, 0.717) is 29.5 Å². The third-order valence-electron chi connectivity index (χ3n) is 4.31. The highest BCUT2D eigenvalue weighted by molar-refractivity contribution is 6.35. The van der Waals surface area contributed by atoms with Crippen LogP contribution in [0.15, 0.2) is 53.3 Å². The topological polar surface area (TPSA) is 31.2 Å². The highest BCUT2D eigenvalue weighted by atomic mass is 35.5. The molecule has 4 rings (SSSR count). The van der Waals surface area contributed by atoms with Gasteiger partial charge >= 0.3 is 0 Å². The number of aryl methyl sites for hydroxylation is 1. The maximum atomic E-state index is 12.3. The van der Waals surface area contributed by atoms with Crippen LogP contribution in [0.3, 0.4) is 0 Å². The Labute approximate surface area is 150 Å². The van der Waals surface area contributed by atoms with Gasteiger partial charge in [-0.15, -0.1) is 0 Å². The van der Waals surface area contributed by atoms with Crippen molar-refractivity contribution in [2.45, 2.75) is 19.4 Å². The summed E-state index contributed by atoms with van der Waals surface area (Å²) >= 11 is 6.48. The fourth-order valence-electron chi connectivity index (χ4n) is 3.08. The van der Waals surface area contributed by atoms with E-state index < -0.39 is 0 Å². The first kappa shape index (κ1) is 15.8. The van der Waals surface area contributed by atoms with Gasteiger partial charge in [0, 0.05) is 23.6 Å². The normalized spacial score (nSPS) is 13.3. The summed E-state index contributed by atoms with van der Waals surface area (Å²) in [4.78, 5) is 12.3. The van der Waals surface area contributed by atoms with Gasteiger partial charge in [-0.2, -0.15) is 0 Å². The van der Waals surface area contributed by atoms with Crippen molar-refractivity contribution >= 4 is 22.5 Å². The van der Waals surface area contributed by atoms with E-state index in [1.807, 2.05) is 36.4 Å². The molecule has 0 saturated carbocycles. The molecule has 0 aliphatic carbocycles. The van der Waals surface area contributed by atoms with Crippen LogP contribution in [-0.4, -0.2) is 11.2 Å². The van der Waals surface area contributed by atoms with Crippen LogP contribution < -0.4 is 10.3 Å². The van der Waals surface area contributed by atoms with Gasteiger partial charge in [0.05, 0.1) is 22.7 Å². The molecular formula is C21H16ClNO2. The van der Waals surface area contributed by atoms with Crippen molar-refractivity contribution in [1.82, 2.24) is 4.57 Å². The Morgan fingerprint density at radius 3 is 2.72 bits per heavy atom. The molecule has 0 amide bonds. The van der Waals surface area contributed by atoms with Crippen molar-refractivity contribution in [2.75, 3.05) is 6.61 Å². The highest BCUT2D eigenvalue weighted by Gasteiger charge is 2.18. The first-order valence-corrected chi connectivity index (χ1v) is 8.68. The Balaban J connectivity index is 1.99.